The highest BCUT2D eigenvalue weighted by atomic mass is 79.9. The van der Waals surface area contributed by atoms with Crippen LogP contribution in [-0.2, 0) is 0 Å². The van der Waals surface area contributed by atoms with Crippen molar-refractivity contribution in [2.45, 2.75) is 33.6 Å². The molecule has 2 rings (SSSR count). The lowest BCUT2D eigenvalue weighted by molar-refractivity contribution is 0.449. The van der Waals surface area contributed by atoms with Gasteiger partial charge in [0, 0.05) is 16.0 Å². The van der Waals surface area contributed by atoms with Crippen molar-refractivity contribution in [3.8, 4) is 11.6 Å². The van der Waals surface area contributed by atoms with Gasteiger partial charge in [-0.05, 0) is 31.5 Å². The monoisotopic (exact) mass is 354 g/mol. The molecular formula is C15H16BrClN2O. The van der Waals surface area contributed by atoms with Crippen LogP contribution >= 0.6 is 27.5 Å². The predicted molar refractivity (Wildman–Crippen MR) is 84.8 cm³/mol. The standard InChI is InChI=1S/C15H16BrClN2O/c1-8(2)14-18-13(17)10(4)15(19-14)20-12-7-11(16)6-5-9(12)3/h5-8H,1-4H3. The zero-order valence-electron chi connectivity index (χ0n) is 11.9. The summed E-state index contributed by atoms with van der Waals surface area (Å²) in [5.41, 5.74) is 1.78. The van der Waals surface area contributed by atoms with E-state index in [9.17, 15) is 0 Å². The molecule has 1 heterocycles. The van der Waals surface area contributed by atoms with Crippen LogP contribution in [0.4, 0.5) is 0 Å². The number of ether oxygens (including phenoxy) is 1. The average molecular weight is 356 g/mol. The SMILES string of the molecule is Cc1ccc(Br)cc1Oc1nc(C(C)C)nc(Cl)c1C. The Hall–Kier alpha value is -1.13. The molecule has 0 saturated heterocycles. The Balaban J connectivity index is 2.45. The van der Waals surface area contributed by atoms with Crippen molar-refractivity contribution in [1.29, 1.82) is 0 Å². The highest BCUT2D eigenvalue weighted by molar-refractivity contribution is 9.10. The maximum absolute atomic E-state index is 6.16. The summed E-state index contributed by atoms with van der Waals surface area (Å²) in [7, 11) is 0. The molecule has 5 heteroatoms. The highest BCUT2D eigenvalue weighted by Crippen LogP contribution is 2.31. The summed E-state index contributed by atoms with van der Waals surface area (Å²) in [6.45, 7) is 7.89. The molecule has 3 nitrogen and oxygen atoms in total. The second kappa shape index (κ2) is 6.10. The fourth-order valence-electron chi connectivity index (χ4n) is 1.63. The molecule has 0 spiro atoms. The van der Waals surface area contributed by atoms with Gasteiger partial charge in [0.05, 0.1) is 0 Å². The molecular weight excluding hydrogens is 340 g/mol. The zero-order valence-corrected chi connectivity index (χ0v) is 14.2. The van der Waals surface area contributed by atoms with Crippen LogP contribution in [0.15, 0.2) is 22.7 Å². The third-order valence-electron chi connectivity index (χ3n) is 2.93. The molecule has 0 fully saturated rings. The molecule has 1 aromatic heterocycles. The Labute approximate surface area is 132 Å². The molecule has 106 valence electrons. The van der Waals surface area contributed by atoms with Gasteiger partial charge in [-0.2, -0.15) is 4.98 Å². The summed E-state index contributed by atoms with van der Waals surface area (Å²) in [6.07, 6.45) is 0. The van der Waals surface area contributed by atoms with Crippen LogP contribution in [0.5, 0.6) is 11.6 Å². The van der Waals surface area contributed by atoms with E-state index in [0.717, 1.165) is 21.3 Å². The second-order valence-corrected chi connectivity index (χ2v) is 6.24. The zero-order chi connectivity index (χ0) is 14.9. The Bertz CT molecular complexity index is 644. The molecule has 0 aliphatic rings. The number of hydrogen-bond acceptors (Lipinski definition) is 3. The number of aryl methyl sites for hydroxylation is 1. The third kappa shape index (κ3) is 3.30. The fourth-order valence-corrected chi connectivity index (χ4v) is 2.14. The molecule has 0 aliphatic heterocycles. The van der Waals surface area contributed by atoms with E-state index in [1.165, 1.54) is 0 Å². The number of halogens is 2. The van der Waals surface area contributed by atoms with E-state index in [4.69, 9.17) is 16.3 Å². The molecule has 2 aromatic rings. The van der Waals surface area contributed by atoms with Crippen molar-refractivity contribution in [1.82, 2.24) is 9.97 Å². The molecule has 0 N–H and O–H groups in total. The van der Waals surface area contributed by atoms with E-state index < -0.39 is 0 Å². The molecule has 20 heavy (non-hydrogen) atoms. The lowest BCUT2D eigenvalue weighted by Gasteiger charge is -2.13. The maximum Gasteiger partial charge on any atom is 0.227 e. The second-order valence-electron chi connectivity index (χ2n) is 4.97. The molecule has 0 saturated carbocycles. The van der Waals surface area contributed by atoms with Gasteiger partial charge in [-0.15, -0.1) is 0 Å². The summed E-state index contributed by atoms with van der Waals surface area (Å²) in [6, 6.07) is 5.88. The first-order chi connectivity index (χ1) is 9.38. The lowest BCUT2D eigenvalue weighted by atomic mass is 10.2. The Morgan fingerprint density at radius 1 is 1.20 bits per heavy atom. The van der Waals surface area contributed by atoms with Crippen LogP contribution in [0.1, 0.15) is 36.7 Å². The smallest absolute Gasteiger partial charge is 0.227 e. The minimum absolute atomic E-state index is 0.194. The first-order valence-electron chi connectivity index (χ1n) is 6.36. The number of rotatable bonds is 3. The van der Waals surface area contributed by atoms with E-state index in [1.54, 1.807) is 0 Å². The molecule has 1 aromatic carbocycles. The summed E-state index contributed by atoms with van der Waals surface area (Å²) in [5.74, 6) is 2.14. The van der Waals surface area contributed by atoms with E-state index in [2.05, 4.69) is 25.9 Å². The average Bonchev–Trinajstić information content (AvgIpc) is 2.38. The van der Waals surface area contributed by atoms with Crippen molar-refractivity contribution in [3.05, 3.63) is 44.8 Å². The summed E-state index contributed by atoms with van der Waals surface area (Å²) < 4.78 is 6.89. The third-order valence-corrected chi connectivity index (χ3v) is 3.79. The summed E-state index contributed by atoms with van der Waals surface area (Å²) in [5, 5.41) is 0.436. The number of nitrogens with zero attached hydrogens (tertiary/aromatic N) is 2. The molecule has 0 atom stereocenters. The highest BCUT2D eigenvalue weighted by Gasteiger charge is 2.14. The minimum Gasteiger partial charge on any atom is -0.438 e. The van der Waals surface area contributed by atoms with E-state index in [1.807, 2.05) is 45.9 Å². The summed E-state index contributed by atoms with van der Waals surface area (Å²) in [4.78, 5) is 8.75. The van der Waals surface area contributed by atoms with Gasteiger partial charge in [0.25, 0.3) is 0 Å². The number of hydrogen-bond donors (Lipinski definition) is 0. The predicted octanol–water partition coefficient (Wildman–Crippen LogP) is 5.43. The minimum atomic E-state index is 0.194. The largest absolute Gasteiger partial charge is 0.438 e. The van der Waals surface area contributed by atoms with Crippen molar-refractivity contribution < 1.29 is 4.74 Å². The van der Waals surface area contributed by atoms with Crippen molar-refractivity contribution in [2.75, 3.05) is 0 Å². The normalized spacial score (nSPS) is 10.9. The molecule has 0 aliphatic carbocycles. The van der Waals surface area contributed by atoms with Crippen LogP contribution in [0.3, 0.4) is 0 Å². The van der Waals surface area contributed by atoms with E-state index in [-0.39, 0.29) is 5.92 Å². The maximum atomic E-state index is 6.16. The lowest BCUT2D eigenvalue weighted by Crippen LogP contribution is -2.03. The van der Waals surface area contributed by atoms with E-state index >= 15 is 0 Å². The number of benzene rings is 1. The topological polar surface area (TPSA) is 35.0 Å². The Morgan fingerprint density at radius 2 is 1.90 bits per heavy atom. The van der Waals surface area contributed by atoms with Crippen molar-refractivity contribution in [2.24, 2.45) is 0 Å². The van der Waals surface area contributed by atoms with Gasteiger partial charge in [-0.25, -0.2) is 4.98 Å². The van der Waals surface area contributed by atoms with Crippen LogP contribution < -0.4 is 4.74 Å². The van der Waals surface area contributed by atoms with Gasteiger partial charge in [0.1, 0.15) is 16.7 Å². The Morgan fingerprint density at radius 3 is 2.55 bits per heavy atom. The van der Waals surface area contributed by atoms with E-state index in [0.29, 0.717) is 16.9 Å². The van der Waals surface area contributed by atoms with Crippen LogP contribution in [0, 0.1) is 13.8 Å². The van der Waals surface area contributed by atoms with Gasteiger partial charge in [-0.1, -0.05) is 47.4 Å². The molecule has 0 amide bonds. The first kappa shape index (κ1) is 15.3. The van der Waals surface area contributed by atoms with Crippen LogP contribution in [0.25, 0.3) is 0 Å². The first-order valence-corrected chi connectivity index (χ1v) is 7.53. The van der Waals surface area contributed by atoms with Gasteiger partial charge < -0.3 is 4.74 Å². The molecule has 0 bridgehead atoms. The fraction of sp³-hybridized carbons (Fsp3) is 0.333. The summed E-state index contributed by atoms with van der Waals surface area (Å²) >= 11 is 9.60. The van der Waals surface area contributed by atoms with Crippen molar-refractivity contribution in [3.63, 3.8) is 0 Å². The van der Waals surface area contributed by atoms with Gasteiger partial charge in [0.15, 0.2) is 0 Å². The van der Waals surface area contributed by atoms with Crippen LogP contribution in [-0.4, -0.2) is 9.97 Å². The van der Waals surface area contributed by atoms with Gasteiger partial charge >= 0.3 is 0 Å². The van der Waals surface area contributed by atoms with Crippen molar-refractivity contribution >= 4 is 27.5 Å². The van der Waals surface area contributed by atoms with Gasteiger partial charge in [-0.3, -0.25) is 0 Å². The van der Waals surface area contributed by atoms with Crippen LogP contribution in [0.2, 0.25) is 5.15 Å². The quantitative estimate of drug-likeness (QED) is 0.689. The Kier molecular flexibility index (Phi) is 4.66. The molecule has 0 radical (unpaired) electrons. The molecule has 0 unspecified atom stereocenters. The number of aromatic nitrogens is 2. The van der Waals surface area contributed by atoms with Gasteiger partial charge in [0.2, 0.25) is 5.88 Å².